The molecule has 0 aromatic carbocycles. The van der Waals surface area contributed by atoms with Gasteiger partial charge in [-0.3, -0.25) is 4.79 Å². The summed E-state index contributed by atoms with van der Waals surface area (Å²) in [5.74, 6) is 0.461. The van der Waals surface area contributed by atoms with Crippen LogP contribution in [0.2, 0.25) is 0 Å². The van der Waals surface area contributed by atoms with Crippen molar-refractivity contribution in [3.05, 3.63) is 0 Å². The molecule has 0 bridgehead atoms. The molecule has 0 saturated carbocycles. The summed E-state index contributed by atoms with van der Waals surface area (Å²) in [5.41, 5.74) is 5.50. The molecule has 82 valence electrons. The first-order valence-electron chi connectivity index (χ1n) is 5.62. The van der Waals surface area contributed by atoms with Crippen LogP contribution in [-0.2, 0) is 9.53 Å². The fourth-order valence-corrected chi connectivity index (χ4v) is 2.04. The largest absolute Gasteiger partial charge is 0.366 e. The molecule has 1 saturated heterocycles. The second-order valence-electron chi connectivity index (χ2n) is 3.98. The number of ketones is 1. The molecule has 2 N–H and O–H groups in total. The minimum atomic E-state index is -0.173. The third-order valence-electron chi connectivity index (χ3n) is 3.08. The van der Waals surface area contributed by atoms with Crippen molar-refractivity contribution < 1.29 is 9.53 Å². The highest BCUT2D eigenvalue weighted by molar-refractivity contribution is 5.85. The normalized spacial score (nSPS) is 27.1. The Hall–Kier alpha value is -0.410. The molecule has 1 rings (SSSR count). The van der Waals surface area contributed by atoms with Gasteiger partial charge in [0, 0.05) is 12.5 Å². The molecule has 0 aliphatic carbocycles. The predicted octanol–water partition coefficient (Wildman–Crippen LogP) is 1.50. The standard InChI is InChI=1S/C11H21NO2/c1-3-8(4-2)11(13)10-6-5-9(7-12)14-10/h8-10H,3-7,12H2,1-2H3. The summed E-state index contributed by atoms with van der Waals surface area (Å²) in [6.45, 7) is 4.65. The van der Waals surface area contributed by atoms with Crippen LogP contribution in [0.15, 0.2) is 0 Å². The number of hydrogen-bond acceptors (Lipinski definition) is 3. The first-order chi connectivity index (χ1) is 6.72. The first-order valence-corrected chi connectivity index (χ1v) is 5.62. The lowest BCUT2D eigenvalue weighted by Gasteiger charge is -2.16. The van der Waals surface area contributed by atoms with Crippen LogP contribution in [0, 0.1) is 5.92 Å². The Balaban J connectivity index is 2.45. The SMILES string of the molecule is CCC(CC)C(=O)C1CCC(CN)O1. The summed E-state index contributed by atoms with van der Waals surface area (Å²) in [4.78, 5) is 11.9. The topological polar surface area (TPSA) is 52.3 Å². The Morgan fingerprint density at radius 2 is 2.07 bits per heavy atom. The molecule has 1 heterocycles. The minimum absolute atomic E-state index is 0.110. The second kappa shape index (κ2) is 5.47. The molecular formula is C11H21NO2. The van der Waals surface area contributed by atoms with Crippen LogP contribution in [0.1, 0.15) is 39.5 Å². The van der Waals surface area contributed by atoms with Crippen LogP contribution in [0.25, 0.3) is 0 Å². The van der Waals surface area contributed by atoms with Gasteiger partial charge >= 0.3 is 0 Å². The molecule has 0 radical (unpaired) electrons. The highest BCUT2D eigenvalue weighted by Gasteiger charge is 2.32. The predicted molar refractivity (Wildman–Crippen MR) is 56.0 cm³/mol. The summed E-state index contributed by atoms with van der Waals surface area (Å²) in [6, 6.07) is 0. The zero-order valence-corrected chi connectivity index (χ0v) is 9.16. The average Bonchev–Trinajstić information content (AvgIpc) is 2.67. The Morgan fingerprint density at radius 1 is 1.43 bits per heavy atom. The Labute approximate surface area is 86.0 Å². The highest BCUT2D eigenvalue weighted by Crippen LogP contribution is 2.24. The molecule has 1 fully saturated rings. The van der Waals surface area contributed by atoms with E-state index in [1.54, 1.807) is 0 Å². The summed E-state index contributed by atoms with van der Waals surface area (Å²) in [6.07, 6.45) is 3.57. The van der Waals surface area contributed by atoms with E-state index in [9.17, 15) is 4.79 Å². The maximum Gasteiger partial charge on any atom is 0.164 e. The molecule has 0 amide bonds. The minimum Gasteiger partial charge on any atom is -0.366 e. The lowest BCUT2D eigenvalue weighted by Crippen LogP contribution is -2.29. The summed E-state index contributed by atoms with van der Waals surface area (Å²) in [7, 11) is 0. The summed E-state index contributed by atoms with van der Waals surface area (Å²) in [5, 5.41) is 0. The van der Waals surface area contributed by atoms with Crippen molar-refractivity contribution in [3.63, 3.8) is 0 Å². The van der Waals surface area contributed by atoms with Crippen molar-refractivity contribution in [3.8, 4) is 0 Å². The van der Waals surface area contributed by atoms with Gasteiger partial charge in [0.25, 0.3) is 0 Å². The van der Waals surface area contributed by atoms with Crippen LogP contribution < -0.4 is 5.73 Å². The van der Waals surface area contributed by atoms with E-state index in [-0.39, 0.29) is 23.9 Å². The van der Waals surface area contributed by atoms with Gasteiger partial charge in [-0.2, -0.15) is 0 Å². The molecule has 0 aromatic heterocycles. The van der Waals surface area contributed by atoms with Crippen molar-refractivity contribution in [1.29, 1.82) is 0 Å². The highest BCUT2D eigenvalue weighted by atomic mass is 16.5. The Kier molecular flexibility index (Phi) is 4.55. The number of hydrogen-bond donors (Lipinski definition) is 1. The van der Waals surface area contributed by atoms with Crippen molar-refractivity contribution in [2.45, 2.75) is 51.7 Å². The molecule has 2 atom stereocenters. The van der Waals surface area contributed by atoms with E-state index >= 15 is 0 Å². The molecular weight excluding hydrogens is 178 g/mol. The van der Waals surface area contributed by atoms with Gasteiger partial charge in [-0.15, -0.1) is 0 Å². The summed E-state index contributed by atoms with van der Waals surface area (Å²) >= 11 is 0. The van der Waals surface area contributed by atoms with E-state index < -0.39 is 0 Å². The van der Waals surface area contributed by atoms with Gasteiger partial charge in [0.1, 0.15) is 6.10 Å². The molecule has 3 nitrogen and oxygen atoms in total. The zero-order chi connectivity index (χ0) is 10.6. The molecule has 1 aliphatic rings. The lowest BCUT2D eigenvalue weighted by atomic mass is 9.93. The zero-order valence-electron chi connectivity index (χ0n) is 9.16. The molecule has 1 aliphatic heterocycles. The fourth-order valence-electron chi connectivity index (χ4n) is 2.04. The number of Topliss-reactive ketones (excluding diaryl/α,β-unsaturated/α-hetero) is 1. The van der Waals surface area contributed by atoms with Crippen molar-refractivity contribution in [1.82, 2.24) is 0 Å². The van der Waals surface area contributed by atoms with Crippen molar-refractivity contribution in [2.24, 2.45) is 11.7 Å². The van der Waals surface area contributed by atoms with E-state index in [1.165, 1.54) is 0 Å². The van der Waals surface area contributed by atoms with Gasteiger partial charge in [0.2, 0.25) is 0 Å². The van der Waals surface area contributed by atoms with Gasteiger partial charge in [0.05, 0.1) is 6.10 Å². The van der Waals surface area contributed by atoms with Crippen LogP contribution in [0.5, 0.6) is 0 Å². The average molecular weight is 199 g/mol. The maximum atomic E-state index is 11.9. The number of carbonyl (C=O) groups is 1. The first kappa shape index (κ1) is 11.7. The van der Waals surface area contributed by atoms with Gasteiger partial charge in [-0.05, 0) is 25.7 Å². The number of rotatable bonds is 5. The van der Waals surface area contributed by atoms with Crippen LogP contribution >= 0.6 is 0 Å². The molecule has 2 unspecified atom stereocenters. The molecule has 14 heavy (non-hydrogen) atoms. The number of nitrogens with two attached hydrogens (primary N) is 1. The Bertz CT molecular complexity index is 190. The smallest absolute Gasteiger partial charge is 0.164 e. The second-order valence-corrected chi connectivity index (χ2v) is 3.98. The molecule has 0 spiro atoms. The maximum absolute atomic E-state index is 11.9. The van der Waals surface area contributed by atoms with Crippen LogP contribution in [0.4, 0.5) is 0 Å². The van der Waals surface area contributed by atoms with Crippen molar-refractivity contribution in [2.75, 3.05) is 6.54 Å². The van der Waals surface area contributed by atoms with Gasteiger partial charge in [0.15, 0.2) is 5.78 Å². The van der Waals surface area contributed by atoms with E-state index in [1.807, 2.05) is 0 Å². The summed E-state index contributed by atoms with van der Waals surface area (Å²) < 4.78 is 5.58. The number of ether oxygens (including phenoxy) is 1. The van der Waals surface area contributed by atoms with Crippen LogP contribution in [-0.4, -0.2) is 24.5 Å². The van der Waals surface area contributed by atoms with E-state index in [2.05, 4.69) is 13.8 Å². The van der Waals surface area contributed by atoms with Gasteiger partial charge < -0.3 is 10.5 Å². The van der Waals surface area contributed by atoms with Gasteiger partial charge in [-0.1, -0.05) is 13.8 Å². The lowest BCUT2D eigenvalue weighted by molar-refractivity contribution is -0.133. The Morgan fingerprint density at radius 3 is 2.50 bits per heavy atom. The van der Waals surface area contributed by atoms with E-state index in [0.717, 1.165) is 25.7 Å². The quantitative estimate of drug-likeness (QED) is 0.730. The van der Waals surface area contributed by atoms with Gasteiger partial charge in [-0.25, -0.2) is 0 Å². The van der Waals surface area contributed by atoms with Crippen LogP contribution in [0.3, 0.4) is 0 Å². The van der Waals surface area contributed by atoms with E-state index in [4.69, 9.17) is 10.5 Å². The molecule has 0 aromatic rings. The monoisotopic (exact) mass is 199 g/mol. The fraction of sp³-hybridized carbons (Fsp3) is 0.909. The van der Waals surface area contributed by atoms with E-state index in [0.29, 0.717) is 6.54 Å². The van der Waals surface area contributed by atoms with Crippen molar-refractivity contribution >= 4 is 5.78 Å². The number of carbonyl (C=O) groups excluding carboxylic acids is 1. The third-order valence-corrected chi connectivity index (χ3v) is 3.08. The third kappa shape index (κ3) is 2.55. The molecule has 3 heteroatoms.